The number of methoxy groups -OCH3 is 2. The zero-order chi connectivity index (χ0) is 35.8. The quantitative estimate of drug-likeness (QED) is 0.103. The van der Waals surface area contributed by atoms with E-state index in [0.29, 0.717) is 17.1 Å². The van der Waals surface area contributed by atoms with Gasteiger partial charge in [-0.15, -0.1) is 0 Å². The van der Waals surface area contributed by atoms with Crippen LogP contribution in [0.5, 0.6) is 11.5 Å². The highest BCUT2D eigenvalue weighted by Crippen LogP contribution is 2.45. The van der Waals surface area contributed by atoms with Crippen molar-refractivity contribution in [3.8, 4) is 11.5 Å². The molecule has 0 aliphatic carbocycles. The molecule has 1 aliphatic heterocycles. The lowest BCUT2D eigenvalue weighted by Gasteiger charge is -2.37. The summed E-state index contributed by atoms with van der Waals surface area (Å²) in [5.74, 6) is 1.08. The van der Waals surface area contributed by atoms with Crippen molar-refractivity contribution < 1.29 is 37.7 Å². The zero-order valence-electron chi connectivity index (χ0n) is 28.2. The molecule has 1 aliphatic rings. The molecule has 1 unspecified atom stereocenters. The van der Waals surface area contributed by atoms with Crippen LogP contribution in [0.3, 0.4) is 0 Å². The first kappa shape index (κ1) is 35.9. The fourth-order valence-corrected chi connectivity index (χ4v) is 6.59. The Morgan fingerprint density at radius 1 is 0.863 bits per heavy atom. The number of benzene rings is 4. The van der Waals surface area contributed by atoms with Gasteiger partial charge < -0.3 is 38.2 Å². The van der Waals surface area contributed by atoms with E-state index in [1.165, 1.54) is 23.9 Å². The van der Waals surface area contributed by atoms with E-state index in [4.69, 9.17) is 28.0 Å². The van der Waals surface area contributed by atoms with Crippen LogP contribution in [0, 0.1) is 0 Å². The van der Waals surface area contributed by atoms with Gasteiger partial charge in [0.2, 0.25) is 0 Å². The van der Waals surface area contributed by atoms with Crippen molar-refractivity contribution in [2.24, 2.45) is 0 Å². The minimum absolute atomic E-state index is 0.0194. The molecule has 12 nitrogen and oxygen atoms in total. The van der Waals surface area contributed by atoms with E-state index < -0.39 is 44.2 Å². The standard InChI is InChI=1S/C38H38N3O9P/c1-45-30-18-14-28(15-19-30)38(27-12-8-5-9-13-27,29-16-20-31(46-2)21-17-29)48-25-33-32(50-51(44)47-3)24-35(49-33)41-23-22-34(40-37(41)43)39-36(42)26-10-6-4-7-11-26/h4-23,32-33,35,44H,24-25H2,1-3H3,(H,39,40,42,43)/t32-,33+,35+,51?/m0/s1. The smallest absolute Gasteiger partial charge is 0.351 e. The van der Waals surface area contributed by atoms with Crippen molar-refractivity contribution in [3.05, 3.63) is 154 Å². The van der Waals surface area contributed by atoms with Gasteiger partial charge in [0.05, 0.1) is 26.9 Å². The lowest BCUT2D eigenvalue weighted by molar-refractivity contribution is -0.0924. The number of anilines is 1. The van der Waals surface area contributed by atoms with Gasteiger partial charge in [-0.05, 0) is 59.2 Å². The van der Waals surface area contributed by atoms with Crippen LogP contribution in [0.4, 0.5) is 5.82 Å². The number of aromatic nitrogens is 2. The van der Waals surface area contributed by atoms with Crippen LogP contribution in [-0.4, -0.2) is 60.5 Å². The van der Waals surface area contributed by atoms with E-state index in [1.54, 1.807) is 44.6 Å². The predicted octanol–water partition coefficient (Wildman–Crippen LogP) is 6.06. The minimum atomic E-state index is -2.24. The molecule has 4 aromatic carbocycles. The topological polar surface area (TPSA) is 140 Å². The van der Waals surface area contributed by atoms with Gasteiger partial charge in [-0.3, -0.25) is 9.36 Å². The third-order valence-corrected chi connectivity index (χ3v) is 9.38. The third kappa shape index (κ3) is 8.02. The fraction of sp³-hybridized carbons (Fsp3) is 0.237. The number of rotatable bonds is 14. The van der Waals surface area contributed by atoms with Gasteiger partial charge in [0, 0.05) is 25.3 Å². The molecule has 13 heteroatoms. The lowest BCUT2D eigenvalue weighted by Crippen LogP contribution is -2.38. The summed E-state index contributed by atoms with van der Waals surface area (Å²) >= 11 is 0. The molecule has 5 aromatic rings. The van der Waals surface area contributed by atoms with Crippen molar-refractivity contribution >= 4 is 20.3 Å². The lowest BCUT2D eigenvalue weighted by atomic mass is 9.80. The van der Waals surface area contributed by atoms with E-state index in [1.807, 2.05) is 78.9 Å². The van der Waals surface area contributed by atoms with Gasteiger partial charge in [-0.1, -0.05) is 72.8 Å². The number of hydrogen-bond acceptors (Lipinski definition) is 10. The molecule has 0 spiro atoms. The highest BCUT2D eigenvalue weighted by Gasteiger charge is 2.44. The molecule has 1 amide bonds. The molecule has 51 heavy (non-hydrogen) atoms. The minimum Gasteiger partial charge on any atom is -0.497 e. The zero-order valence-corrected chi connectivity index (χ0v) is 29.1. The maximum Gasteiger partial charge on any atom is 0.351 e. The average molecular weight is 712 g/mol. The van der Waals surface area contributed by atoms with Crippen LogP contribution < -0.4 is 20.5 Å². The Labute approximate surface area is 296 Å². The third-order valence-electron chi connectivity index (χ3n) is 8.62. The number of nitrogens with one attached hydrogen (secondary N) is 1. The Morgan fingerprint density at radius 2 is 1.43 bits per heavy atom. The molecule has 6 rings (SSSR count). The van der Waals surface area contributed by atoms with Gasteiger partial charge in [0.15, 0.2) is 0 Å². The number of ether oxygens (including phenoxy) is 4. The molecular formula is C38H38N3O9P. The second-order valence-corrected chi connectivity index (χ2v) is 12.6. The first-order valence-electron chi connectivity index (χ1n) is 16.1. The first-order chi connectivity index (χ1) is 24.8. The van der Waals surface area contributed by atoms with Crippen molar-refractivity contribution in [1.29, 1.82) is 0 Å². The van der Waals surface area contributed by atoms with Crippen LogP contribution in [-0.2, 0) is 24.1 Å². The van der Waals surface area contributed by atoms with Crippen LogP contribution in [0.15, 0.2) is 126 Å². The number of amides is 1. The van der Waals surface area contributed by atoms with E-state index in [2.05, 4.69) is 10.3 Å². The summed E-state index contributed by atoms with van der Waals surface area (Å²) in [5, 5.41) is 2.65. The van der Waals surface area contributed by atoms with E-state index in [-0.39, 0.29) is 18.8 Å². The summed E-state index contributed by atoms with van der Waals surface area (Å²) in [6.45, 7) is -0.0194. The number of nitrogens with zero attached hydrogens (tertiary/aromatic N) is 2. The van der Waals surface area contributed by atoms with Crippen LogP contribution in [0.25, 0.3) is 0 Å². The van der Waals surface area contributed by atoms with Gasteiger partial charge >= 0.3 is 14.3 Å². The second kappa shape index (κ2) is 16.4. The Kier molecular flexibility index (Phi) is 11.5. The highest BCUT2D eigenvalue weighted by atomic mass is 31.2. The van der Waals surface area contributed by atoms with Gasteiger partial charge in [-0.2, -0.15) is 4.98 Å². The van der Waals surface area contributed by atoms with Crippen LogP contribution in [0.2, 0.25) is 0 Å². The summed E-state index contributed by atoms with van der Waals surface area (Å²) in [6, 6.07) is 35.2. The molecule has 1 aromatic heterocycles. The Morgan fingerprint density at radius 3 is 1.98 bits per heavy atom. The molecule has 2 N–H and O–H groups in total. The van der Waals surface area contributed by atoms with Crippen molar-refractivity contribution in [1.82, 2.24) is 9.55 Å². The van der Waals surface area contributed by atoms with E-state index in [0.717, 1.165) is 16.7 Å². The molecule has 2 heterocycles. The second-order valence-electron chi connectivity index (χ2n) is 11.6. The Bertz CT molecular complexity index is 1900. The van der Waals surface area contributed by atoms with Crippen molar-refractivity contribution in [3.63, 3.8) is 0 Å². The number of carbonyl (C=O) groups excluding carboxylic acids is 1. The molecule has 1 saturated heterocycles. The molecule has 1 fully saturated rings. The summed E-state index contributed by atoms with van der Waals surface area (Å²) in [4.78, 5) is 40.4. The normalized spacial score (nSPS) is 17.8. The van der Waals surface area contributed by atoms with E-state index in [9.17, 15) is 14.5 Å². The first-order valence-corrected chi connectivity index (χ1v) is 17.3. The fourth-order valence-electron chi connectivity index (χ4n) is 6.05. The summed E-state index contributed by atoms with van der Waals surface area (Å²) < 4.78 is 36.7. The molecule has 264 valence electrons. The highest BCUT2D eigenvalue weighted by molar-refractivity contribution is 7.40. The molecule has 0 radical (unpaired) electrons. The van der Waals surface area contributed by atoms with Crippen LogP contribution in [0.1, 0.15) is 39.7 Å². The van der Waals surface area contributed by atoms with Crippen molar-refractivity contribution in [2.45, 2.75) is 30.5 Å². The maximum absolute atomic E-state index is 13.3. The molecule has 0 bridgehead atoms. The monoisotopic (exact) mass is 711 g/mol. The molecule has 4 atom stereocenters. The number of carbonyl (C=O) groups is 1. The summed E-state index contributed by atoms with van der Waals surface area (Å²) in [7, 11) is 2.32. The Hall–Kier alpha value is -4.94. The van der Waals surface area contributed by atoms with E-state index >= 15 is 0 Å². The molecule has 0 saturated carbocycles. The molecular weight excluding hydrogens is 673 g/mol. The van der Waals surface area contributed by atoms with Gasteiger partial charge in [0.1, 0.15) is 35.2 Å². The number of hydrogen-bond donors (Lipinski definition) is 2. The Balaban J connectivity index is 1.32. The predicted molar refractivity (Wildman–Crippen MR) is 191 cm³/mol. The van der Waals surface area contributed by atoms with Crippen LogP contribution >= 0.6 is 8.60 Å². The van der Waals surface area contributed by atoms with Gasteiger partial charge in [0.25, 0.3) is 5.91 Å². The SMILES string of the molecule is COc1ccc(C(OC[C@H]2O[C@@H](n3ccc(NC(=O)c4ccccc4)nc3=O)C[C@@H]2OP(O)OC)(c2ccccc2)c2ccc(OC)cc2)cc1. The van der Waals surface area contributed by atoms with Gasteiger partial charge in [-0.25, -0.2) is 4.79 Å². The summed E-state index contributed by atoms with van der Waals surface area (Å²) in [6.07, 6.45) is -0.628. The largest absolute Gasteiger partial charge is 0.497 e. The maximum atomic E-state index is 13.3. The average Bonchev–Trinajstić information content (AvgIpc) is 3.57. The van der Waals surface area contributed by atoms with Crippen molar-refractivity contribution in [2.75, 3.05) is 33.3 Å². The summed E-state index contributed by atoms with van der Waals surface area (Å²) in [5.41, 5.74) is 1.14.